The van der Waals surface area contributed by atoms with Crippen molar-refractivity contribution in [2.75, 3.05) is 18.8 Å². The number of aryl methyl sites for hydroxylation is 2. The number of carbonyl (C=O) groups is 1. The van der Waals surface area contributed by atoms with Crippen molar-refractivity contribution in [3.8, 4) is 5.69 Å². The van der Waals surface area contributed by atoms with Gasteiger partial charge in [-0.1, -0.05) is 57.7 Å². The Kier molecular flexibility index (Phi) is 7.77. The van der Waals surface area contributed by atoms with Crippen LogP contribution >= 0.6 is 11.8 Å². The van der Waals surface area contributed by atoms with Crippen LogP contribution in [0.25, 0.3) is 16.6 Å². The van der Waals surface area contributed by atoms with Gasteiger partial charge < -0.3 is 4.90 Å². The molecular formula is C26H33N3O2S. The first kappa shape index (κ1) is 24.1. The minimum atomic E-state index is -0.114. The maximum absolute atomic E-state index is 13.5. The van der Waals surface area contributed by atoms with Crippen LogP contribution in [0.4, 0.5) is 0 Å². The fraction of sp³-hybridized carbons (Fsp3) is 0.423. The Labute approximate surface area is 194 Å². The van der Waals surface area contributed by atoms with Gasteiger partial charge in [-0.15, -0.1) is 0 Å². The van der Waals surface area contributed by atoms with Crippen molar-refractivity contribution >= 4 is 28.6 Å². The van der Waals surface area contributed by atoms with Crippen molar-refractivity contribution in [3.63, 3.8) is 0 Å². The van der Waals surface area contributed by atoms with E-state index in [1.165, 1.54) is 11.8 Å². The van der Waals surface area contributed by atoms with E-state index in [2.05, 4.69) is 33.8 Å². The molecule has 1 heterocycles. The van der Waals surface area contributed by atoms with E-state index < -0.39 is 0 Å². The summed E-state index contributed by atoms with van der Waals surface area (Å²) in [5.41, 5.74) is 3.47. The summed E-state index contributed by atoms with van der Waals surface area (Å²) in [4.78, 5) is 33.3. The summed E-state index contributed by atoms with van der Waals surface area (Å²) in [6.07, 6.45) is 0. The first-order chi connectivity index (χ1) is 15.2. The normalized spacial score (nSPS) is 11.5. The topological polar surface area (TPSA) is 55.2 Å². The zero-order valence-electron chi connectivity index (χ0n) is 19.9. The molecule has 3 rings (SSSR count). The quantitative estimate of drug-likeness (QED) is 0.347. The van der Waals surface area contributed by atoms with Gasteiger partial charge in [-0.3, -0.25) is 14.2 Å². The van der Waals surface area contributed by atoms with Crippen LogP contribution in [-0.4, -0.2) is 39.2 Å². The lowest BCUT2D eigenvalue weighted by Gasteiger charge is -2.26. The van der Waals surface area contributed by atoms with E-state index in [4.69, 9.17) is 4.98 Å². The third-order valence-corrected chi connectivity index (χ3v) is 5.98. The maximum Gasteiger partial charge on any atom is 0.266 e. The maximum atomic E-state index is 13.5. The van der Waals surface area contributed by atoms with Gasteiger partial charge in [0.05, 0.1) is 22.3 Å². The highest BCUT2D eigenvalue weighted by atomic mass is 32.2. The first-order valence-corrected chi connectivity index (χ1v) is 12.1. The second kappa shape index (κ2) is 10.3. The molecule has 6 heteroatoms. The number of hydrogen-bond donors (Lipinski definition) is 0. The number of thioether (sulfide) groups is 1. The lowest BCUT2D eigenvalue weighted by molar-refractivity contribution is -0.129. The van der Waals surface area contributed by atoms with Gasteiger partial charge in [0, 0.05) is 13.1 Å². The Balaban J connectivity index is 2.01. The van der Waals surface area contributed by atoms with E-state index >= 15 is 0 Å². The predicted molar refractivity (Wildman–Crippen MR) is 134 cm³/mol. The Morgan fingerprint density at radius 2 is 1.59 bits per heavy atom. The number of rotatable bonds is 8. The second-order valence-electron chi connectivity index (χ2n) is 9.27. The van der Waals surface area contributed by atoms with Gasteiger partial charge in [0.25, 0.3) is 5.56 Å². The summed E-state index contributed by atoms with van der Waals surface area (Å²) in [6.45, 7) is 14.0. The average molecular weight is 452 g/mol. The van der Waals surface area contributed by atoms with Crippen LogP contribution in [0, 0.1) is 25.7 Å². The smallest absolute Gasteiger partial charge is 0.266 e. The second-order valence-corrected chi connectivity index (χ2v) is 10.2. The van der Waals surface area contributed by atoms with E-state index in [-0.39, 0.29) is 17.2 Å². The molecule has 0 fully saturated rings. The average Bonchev–Trinajstić information content (AvgIpc) is 2.70. The molecule has 0 aliphatic rings. The molecule has 0 radical (unpaired) electrons. The summed E-state index contributed by atoms with van der Waals surface area (Å²) < 4.78 is 1.65. The number of nitrogens with zero attached hydrogens (tertiary/aromatic N) is 3. The summed E-state index contributed by atoms with van der Waals surface area (Å²) in [5, 5.41) is 1.12. The molecule has 0 spiro atoms. The van der Waals surface area contributed by atoms with Crippen molar-refractivity contribution in [2.45, 2.75) is 46.7 Å². The van der Waals surface area contributed by atoms with Crippen LogP contribution in [0.3, 0.4) is 0 Å². The van der Waals surface area contributed by atoms with E-state index in [1.807, 2.05) is 49.1 Å². The Morgan fingerprint density at radius 3 is 2.19 bits per heavy atom. The third-order valence-electron chi connectivity index (χ3n) is 5.06. The highest BCUT2D eigenvalue weighted by molar-refractivity contribution is 7.99. The van der Waals surface area contributed by atoms with Crippen LogP contribution < -0.4 is 5.56 Å². The number of para-hydroxylation sites is 1. The SMILES string of the molecule is Cc1cc(C)cc(-n2c(SCC(=O)N(CC(C)C)CC(C)C)nc3ccccc3c2=O)c1. The molecule has 0 saturated heterocycles. The molecule has 1 aromatic heterocycles. The number of carbonyl (C=O) groups excluding carboxylic acids is 1. The summed E-state index contributed by atoms with van der Waals surface area (Å²) >= 11 is 1.33. The molecule has 0 atom stereocenters. The summed E-state index contributed by atoms with van der Waals surface area (Å²) in [6, 6.07) is 13.4. The van der Waals surface area contributed by atoms with Gasteiger partial charge in [0.2, 0.25) is 5.91 Å². The van der Waals surface area contributed by atoms with Crippen LogP contribution in [0.5, 0.6) is 0 Å². The number of benzene rings is 2. The predicted octanol–water partition coefficient (Wildman–Crippen LogP) is 5.24. The van der Waals surface area contributed by atoms with Crippen molar-refractivity contribution < 1.29 is 4.79 Å². The molecule has 32 heavy (non-hydrogen) atoms. The standard InChI is InChI=1S/C26H33N3O2S/c1-17(2)14-28(15-18(3)4)24(30)16-32-26-27-23-10-8-7-9-22(23)25(31)29(26)21-12-19(5)11-20(6)13-21/h7-13,17-18H,14-16H2,1-6H3. The van der Waals surface area contributed by atoms with Crippen molar-refractivity contribution in [3.05, 3.63) is 63.9 Å². The number of aromatic nitrogens is 2. The highest BCUT2D eigenvalue weighted by Gasteiger charge is 2.19. The first-order valence-electron chi connectivity index (χ1n) is 11.2. The molecule has 0 aliphatic carbocycles. The molecule has 0 bridgehead atoms. The molecule has 1 amide bonds. The number of fused-ring (bicyclic) bond motifs is 1. The monoisotopic (exact) mass is 451 g/mol. The van der Waals surface area contributed by atoms with E-state index in [1.54, 1.807) is 10.6 Å². The van der Waals surface area contributed by atoms with Crippen LogP contribution in [0.2, 0.25) is 0 Å². The van der Waals surface area contributed by atoms with Gasteiger partial charge in [-0.25, -0.2) is 4.98 Å². The Morgan fingerprint density at radius 1 is 1.00 bits per heavy atom. The van der Waals surface area contributed by atoms with Crippen molar-refractivity contribution in [1.82, 2.24) is 14.5 Å². The van der Waals surface area contributed by atoms with Crippen LogP contribution in [0.1, 0.15) is 38.8 Å². The fourth-order valence-electron chi connectivity index (χ4n) is 3.89. The Hall–Kier alpha value is -2.60. The molecule has 0 aliphatic heterocycles. The van der Waals surface area contributed by atoms with E-state index in [0.717, 1.165) is 29.9 Å². The molecule has 3 aromatic rings. The lowest BCUT2D eigenvalue weighted by atomic mass is 10.1. The van der Waals surface area contributed by atoms with Gasteiger partial charge >= 0.3 is 0 Å². The van der Waals surface area contributed by atoms with Crippen molar-refractivity contribution in [2.24, 2.45) is 11.8 Å². The van der Waals surface area contributed by atoms with Crippen molar-refractivity contribution in [1.29, 1.82) is 0 Å². The largest absolute Gasteiger partial charge is 0.341 e. The molecule has 0 N–H and O–H groups in total. The van der Waals surface area contributed by atoms with Crippen LogP contribution in [0.15, 0.2) is 52.4 Å². The molecule has 170 valence electrons. The Bertz CT molecular complexity index is 1140. The third kappa shape index (κ3) is 5.80. The zero-order chi connectivity index (χ0) is 23.4. The lowest BCUT2D eigenvalue weighted by Crippen LogP contribution is -2.38. The van der Waals surface area contributed by atoms with E-state index in [9.17, 15) is 9.59 Å². The highest BCUT2D eigenvalue weighted by Crippen LogP contribution is 2.23. The minimum absolute atomic E-state index is 0.0757. The molecule has 5 nitrogen and oxygen atoms in total. The molecule has 0 unspecified atom stereocenters. The molecule has 2 aromatic carbocycles. The van der Waals surface area contributed by atoms with E-state index in [0.29, 0.717) is 27.9 Å². The number of hydrogen-bond acceptors (Lipinski definition) is 4. The van der Waals surface area contributed by atoms with Gasteiger partial charge in [0.15, 0.2) is 5.16 Å². The van der Waals surface area contributed by atoms with Gasteiger partial charge in [-0.05, 0) is 61.1 Å². The number of amides is 1. The summed E-state index contributed by atoms with van der Waals surface area (Å²) in [7, 11) is 0. The van der Waals surface area contributed by atoms with Gasteiger partial charge in [-0.2, -0.15) is 0 Å². The van der Waals surface area contributed by atoms with Crippen LogP contribution in [-0.2, 0) is 4.79 Å². The fourth-order valence-corrected chi connectivity index (χ4v) is 4.81. The van der Waals surface area contributed by atoms with Gasteiger partial charge in [0.1, 0.15) is 0 Å². The minimum Gasteiger partial charge on any atom is -0.341 e. The molecule has 0 saturated carbocycles. The zero-order valence-corrected chi connectivity index (χ0v) is 20.7. The summed E-state index contributed by atoms with van der Waals surface area (Å²) in [5.74, 6) is 1.12. The molecular weight excluding hydrogens is 418 g/mol.